The van der Waals surface area contributed by atoms with Crippen LogP contribution in [0.1, 0.15) is 11.1 Å². The van der Waals surface area contributed by atoms with Crippen LogP contribution in [0.5, 0.6) is 0 Å². The number of halogens is 3. The molecule has 0 radical (unpaired) electrons. The molecule has 0 aliphatic heterocycles. The molecule has 0 aromatic heterocycles. The molecule has 1 aromatic rings. The predicted molar refractivity (Wildman–Crippen MR) is 45.0 cm³/mol. The molecular formula is C9H8F3N. The zero-order valence-electron chi connectivity index (χ0n) is 6.97. The van der Waals surface area contributed by atoms with Crippen molar-refractivity contribution in [1.82, 2.24) is 0 Å². The summed E-state index contributed by atoms with van der Waals surface area (Å²) in [5.74, 6) is 0. The van der Waals surface area contributed by atoms with Crippen molar-refractivity contribution >= 4 is 6.21 Å². The van der Waals surface area contributed by atoms with Gasteiger partial charge in [-0.15, -0.1) is 0 Å². The van der Waals surface area contributed by atoms with Crippen LogP contribution in [-0.2, 0) is 6.18 Å². The monoisotopic (exact) mass is 187 g/mol. The van der Waals surface area contributed by atoms with Crippen molar-refractivity contribution in [3.8, 4) is 0 Å². The van der Waals surface area contributed by atoms with E-state index < -0.39 is 11.7 Å². The van der Waals surface area contributed by atoms with Crippen LogP contribution < -0.4 is 0 Å². The van der Waals surface area contributed by atoms with Crippen LogP contribution in [0, 0.1) is 0 Å². The quantitative estimate of drug-likeness (QED) is 0.599. The molecule has 0 aliphatic rings. The molecular weight excluding hydrogens is 179 g/mol. The highest BCUT2D eigenvalue weighted by Crippen LogP contribution is 2.29. The van der Waals surface area contributed by atoms with Gasteiger partial charge < -0.3 is 0 Å². The summed E-state index contributed by atoms with van der Waals surface area (Å²) >= 11 is 0. The molecule has 0 aliphatic carbocycles. The first kappa shape index (κ1) is 9.77. The van der Waals surface area contributed by atoms with Crippen LogP contribution in [0.3, 0.4) is 0 Å². The number of hydrogen-bond acceptors (Lipinski definition) is 1. The van der Waals surface area contributed by atoms with E-state index in [1.165, 1.54) is 19.3 Å². The molecule has 0 spiro atoms. The molecule has 13 heavy (non-hydrogen) atoms. The Morgan fingerprint density at radius 1 is 1.31 bits per heavy atom. The van der Waals surface area contributed by atoms with Gasteiger partial charge in [-0.1, -0.05) is 12.1 Å². The van der Waals surface area contributed by atoms with E-state index in [0.29, 0.717) is 5.56 Å². The predicted octanol–water partition coefficient (Wildman–Crippen LogP) is 2.75. The van der Waals surface area contributed by atoms with E-state index in [1.807, 2.05) is 0 Å². The van der Waals surface area contributed by atoms with Crippen molar-refractivity contribution in [1.29, 1.82) is 0 Å². The summed E-state index contributed by atoms with van der Waals surface area (Å²) in [6.07, 6.45) is -2.90. The molecule has 0 amide bonds. The molecule has 1 aromatic carbocycles. The number of benzene rings is 1. The molecule has 0 atom stereocenters. The highest BCUT2D eigenvalue weighted by molar-refractivity contribution is 5.79. The Balaban J connectivity index is 3.05. The van der Waals surface area contributed by atoms with E-state index in [-0.39, 0.29) is 0 Å². The van der Waals surface area contributed by atoms with Gasteiger partial charge in [0, 0.05) is 13.3 Å². The molecule has 0 heterocycles. The summed E-state index contributed by atoms with van der Waals surface area (Å²) in [5.41, 5.74) is -0.192. The van der Waals surface area contributed by atoms with Crippen LogP contribution in [0.2, 0.25) is 0 Å². The first-order valence-corrected chi connectivity index (χ1v) is 3.63. The Hall–Kier alpha value is -1.32. The smallest absolute Gasteiger partial charge is 0.296 e. The summed E-state index contributed by atoms with van der Waals surface area (Å²) in [7, 11) is 1.51. The second-order valence-corrected chi connectivity index (χ2v) is 2.51. The normalized spacial score (nSPS) is 12.3. The van der Waals surface area contributed by atoms with Gasteiger partial charge in [0.05, 0.1) is 5.56 Å². The lowest BCUT2D eigenvalue weighted by Crippen LogP contribution is -2.04. The third kappa shape index (κ3) is 2.57. The van der Waals surface area contributed by atoms with E-state index in [4.69, 9.17) is 0 Å². The van der Waals surface area contributed by atoms with E-state index >= 15 is 0 Å². The molecule has 0 saturated carbocycles. The third-order valence-corrected chi connectivity index (χ3v) is 1.49. The van der Waals surface area contributed by atoms with Crippen LogP contribution in [-0.4, -0.2) is 13.3 Å². The average molecular weight is 187 g/mol. The van der Waals surface area contributed by atoms with E-state index in [0.717, 1.165) is 12.1 Å². The fraction of sp³-hybridized carbons (Fsp3) is 0.222. The van der Waals surface area contributed by atoms with Gasteiger partial charge >= 0.3 is 6.18 Å². The number of aliphatic imine (C=N–C) groups is 1. The second kappa shape index (κ2) is 3.60. The van der Waals surface area contributed by atoms with Gasteiger partial charge in [0.15, 0.2) is 0 Å². The lowest BCUT2D eigenvalue weighted by atomic mass is 10.1. The first-order chi connectivity index (χ1) is 6.04. The summed E-state index contributed by atoms with van der Waals surface area (Å²) in [4.78, 5) is 3.64. The fourth-order valence-corrected chi connectivity index (χ4v) is 0.944. The van der Waals surface area contributed by atoms with Gasteiger partial charge in [-0.2, -0.15) is 13.2 Å². The maximum Gasteiger partial charge on any atom is 0.416 e. The summed E-state index contributed by atoms with van der Waals surface area (Å²) in [5, 5.41) is 0. The molecule has 1 rings (SSSR count). The Bertz CT molecular complexity index is 315. The number of nitrogens with zero attached hydrogens (tertiary/aromatic N) is 1. The minimum absolute atomic E-state index is 0.456. The highest BCUT2D eigenvalue weighted by Gasteiger charge is 2.30. The molecule has 0 bridgehead atoms. The fourth-order valence-electron chi connectivity index (χ4n) is 0.944. The van der Waals surface area contributed by atoms with Crippen molar-refractivity contribution < 1.29 is 13.2 Å². The van der Waals surface area contributed by atoms with Gasteiger partial charge in [-0.25, -0.2) is 0 Å². The zero-order valence-corrected chi connectivity index (χ0v) is 6.97. The largest absolute Gasteiger partial charge is 0.416 e. The van der Waals surface area contributed by atoms with E-state index in [2.05, 4.69) is 4.99 Å². The van der Waals surface area contributed by atoms with Gasteiger partial charge in [-0.05, 0) is 17.7 Å². The second-order valence-electron chi connectivity index (χ2n) is 2.51. The molecule has 4 heteroatoms. The molecule has 70 valence electrons. The third-order valence-electron chi connectivity index (χ3n) is 1.49. The lowest BCUT2D eigenvalue weighted by molar-refractivity contribution is -0.137. The number of hydrogen-bond donors (Lipinski definition) is 0. The van der Waals surface area contributed by atoms with Crippen molar-refractivity contribution in [2.45, 2.75) is 6.18 Å². The van der Waals surface area contributed by atoms with Crippen molar-refractivity contribution in [2.24, 2.45) is 4.99 Å². The van der Waals surface area contributed by atoms with Gasteiger partial charge in [0.25, 0.3) is 0 Å². The van der Waals surface area contributed by atoms with Crippen molar-refractivity contribution in [2.75, 3.05) is 7.05 Å². The lowest BCUT2D eigenvalue weighted by Gasteiger charge is -2.06. The average Bonchev–Trinajstić information content (AvgIpc) is 2.04. The Morgan fingerprint density at radius 2 is 2.00 bits per heavy atom. The maximum absolute atomic E-state index is 12.2. The standard InChI is InChI=1S/C9H8F3N/c1-13-6-7-3-2-4-8(5-7)9(10,11)12/h2-6H,1H3. The molecule has 0 N–H and O–H groups in total. The van der Waals surface area contributed by atoms with Crippen LogP contribution >= 0.6 is 0 Å². The number of rotatable bonds is 1. The van der Waals surface area contributed by atoms with Crippen molar-refractivity contribution in [3.05, 3.63) is 35.4 Å². The van der Waals surface area contributed by atoms with E-state index in [1.54, 1.807) is 6.07 Å². The summed E-state index contributed by atoms with van der Waals surface area (Å²) in [6.45, 7) is 0. The molecule has 1 nitrogen and oxygen atoms in total. The van der Waals surface area contributed by atoms with Crippen LogP contribution in [0.4, 0.5) is 13.2 Å². The van der Waals surface area contributed by atoms with Crippen LogP contribution in [0.25, 0.3) is 0 Å². The highest BCUT2D eigenvalue weighted by atomic mass is 19.4. The minimum Gasteiger partial charge on any atom is -0.296 e. The van der Waals surface area contributed by atoms with E-state index in [9.17, 15) is 13.2 Å². The van der Waals surface area contributed by atoms with Crippen molar-refractivity contribution in [3.63, 3.8) is 0 Å². The number of alkyl halides is 3. The molecule has 0 fully saturated rings. The van der Waals surface area contributed by atoms with Gasteiger partial charge in [0.1, 0.15) is 0 Å². The summed E-state index contributed by atoms with van der Waals surface area (Å²) < 4.78 is 36.5. The van der Waals surface area contributed by atoms with Crippen LogP contribution in [0.15, 0.2) is 29.3 Å². The summed E-state index contributed by atoms with van der Waals surface area (Å²) in [6, 6.07) is 5.03. The molecule has 0 unspecified atom stereocenters. The Kier molecular flexibility index (Phi) is 2.70. The van der Waals surface area contributed by atoms with Gasteiger partial charge in [-0.3, -0.25) is 4.99 Å². The zero-order chi connectivity index (χ0) is 9.90. The SMILES string of the molecule is CN=Cc1cccc(C(F)(F)F)c1. The Morgan fingerprint density at radius 3 is 2.54 bits per heavy atom. The Labute approximate surface area is 73.9 Å². The minimum atomic E-state index is -4.28. The topological polar surface area (TPSA) is 12.4 Å². The molecule has 0 saturated heterocycles. The van der Waals surface area contributed by atoms with Gasteiger partial charge in [0.2, 0.25) is 0 Å². The maximum atomic E-state index is 12.2. The first-order valence-electron chi connectivity index (χ1n) is 3.63.